The molecule has 232 valence electrons. The smallest absolute Gasteiger partial charge is 0.0659 e. The molecule has 0 aliphatic carbocycles. The van der Waals surface area contributed by atoms with Crippen molar-refractivity contribution in [2.45, 2.75) is 96.8 Å². The largest absolute Gasteiger partial charge is 0.355 e. The second kappa shape index (κ2) is 15.7. The molecule has 0 saturated carbocycles. The highest BCUT2D eigenvalue weighted by Crippen LogP contribution is 2.28. The third kappa shape index (κ3) is 8.94. The normalized spacial score (nSPS) is 12.3. The van der Waals surface area contributed by atoms with E-state index in [1.54, 1.807) is 0 Å². The van der Waals surface area contributed by atoms with E-state index in [0.717, 1.165) is 51.3 Å². The highest BCUT2D eigenvalue weighted by molar-refractivity contribution is 5.88. The molecule has 4 aromatic rings. The van der Waals surface area contributed by atoms with Crippen LogP contribution in [0, 0.1) is 0 Å². The molecule has 8 bridgehead atoms. The Morgan fingerprint density at radius 3 is 1.62 bits per heavy atom. The summed E-state index contributed by atoms with van der Waals surface area (Å²) in [6.45, 7) is 2.29. The molecular formula is C41H48N4. The number of aromatic amines is 2. The van der Waals surface area contributed by atoms with Crippen molar-refractivity contribution in [2.24, 2.45) is 0 Å². The summed E-state index contributed by atoms with van der Waals surface area (Å²) >= 11 is 0. The number of unbranched alkanes of at least 4 members (excludes halogenated alkanes) is 12. The van der Waals surface area contributed by atoms with Gasteiger partial charge in [-0.1, -0.05) is 108 Å². The molecule has 0 amide bonds. The summed E-state index contributed by atoms with van der Waals surface area (Å²) in [5.74, 6) is 0. The summed E-state index contributed by atoms with van der Waals surface area (Å²) < 4.78 is 0. The van der Waals surface area contributed by atoms with Crippen molar-refractivity contribution in [3.05, 3.63) is 95.1 Å². The van der Waals surface area contributed by atoms with E-state index in [4.69, 9.17) is 9.97 Å². The molecule has 2 aliphatic rings. The summed E-state index contributed by atoms with van der Waals surface area (Å²) in [6, 6.07) is 24.1. The molecule has 2 N–H and O–H groups in total. The van der Waals surface area contributed by atoms with Gasteiger partial charge in [0, 0.05) is 27.6 Å². The van der Waals surface area contributed by atoms with Gasteiger partial charge in [0.25, 0.3) is 0 Å². The second-order valence-electron chi connectivity index (χ2n) is 12.8. The van der Waals surface area contributed by atoms with E-state index >= 15 is 0 Å². The molecule has 4 heteroatoms. The van der Waals surface area contributed by atoms with Crippen molar-refractivity contribution in [1.29, 1.82) is 0 Å². The van der Waals surface area contributed by atoms with Gasteiger partial charge in [-0.15, -0.1) is 0 Å². The lowest BCUT2D eigenvalue weighted by Gasteiger charge is -2.05. The molecule has 0 fully saturated rings. The van der Waals surface area contributed by atoms with E-state index in [2.05, 4.69) is 89.7 Å². The van der Waals surface area contributed by atoms with Gasteiger partial charge in [0.2, 0.25) is 0 Å². The molecule has 4 nitrogen and oxygen atoms in total. The van der Waals surface area contributed by atoms with Gasteiger partial charge in [-0.05, 0) is 90.7 Å². The summed E-state index contributed by atoms with van der Waals surface area (Å²) in [5.41, 5.74) is 11.7. The van der Waals surface area contributed by atoms with Crippen molar-refractivity contribution in [2.75, 3.05) is 0 Å². The third-order valence-electron chi connectivity index (χ3n) is 9.00. The molecule has 3 aromatic heterocycles. The first-order valence-electron chi connectivity index (χ1n) is 17.4. The number of hydrogen-bond donors (Lipinski definition) is 2. The fraction of sp³-hybridized carbons (Fsp3) is 0.366. The highest BCUT2D eigenvalue weighted by atomic mass is 14.8. The molecule has 0 unspecified atom stereocenters. The zero-order valence-corrected chi connectivity index (χ0v) is 27.0. The van der Waals surface area contributed by atoms with Crippen LogP contribution in [-0.2, 0) is 6.42 Å². The predicted octanol–water partition coefficient (Wildman–Crippen LogP) is 12.0. The van der Waals surface area contributed by atoms with Crippen LogP contribution in [0.1, 0.15) is 119 Å². The highest BCUT2D eigenvalue weighted by Gasteiger charge is 2.08. The summed E-state index contributed by atoms with van der Waals surface area (Å²) in [6.07, 6.45) is 27.5. The van der Waals surface area contributed by atoms with Gasteiger partial charge in [-0.25, -0.2) is 9.97 Å². The third-order valence-corrected chi connectivity index (χ3v) is 9.00. The van der Waals surface area contributed by atoms with E-state index < -0.39 is 0 Å². The predicted molar refractivity (Wildman–Crippen MR) is 194 cm³/mol. The monoisotopic (exact) mass is 596 g/mol. The minimum Gasteiger partial charge on any atom is -0.355 e. The van der Waals surface area contributed by atoms with Crippen LogP contribution in [-0.4, -0.2) is 19.9 Å². The standard InChI is InChI=1S/C41H48N4/c1-2-3-4-5-6-7-8-9-10-11-12-13-14-15-31-16-18-32(19-17-31)40-29-39-28-37-23-22-35(43-37)26-33-20-21-34(42-33)27-36-24-25-38(44-36)30-41(40)45-39/h16-30,43,45H,2-15H2,1H3. The Balaban J connectivity index is 1.09. The Labute approximate surface area is 268 Å². The first-order chi connectivity index (χ1) is 22.2. The van der Waals surface area contributed by atoms with Crippen molar-refractivity contribution >= 4 is 46.4 Å². The number of fused-ring (bicyclic) bond motifs is 8. The van der Waals surface area contributed by atoms with Crippen molar-refractivity contribution in [3.63, 3.8) is 0 Å². The second-order valence-corrected chi connectivity index (χ2v) is 12.8. The molecule has 2 aliphatic heterocycles. The zero-order valence-electron chi connectivity index (χ0n) is 27.0. The number of H-pyrrole nitrogens is 2. The van der Waals surface area contributed by atoms with Gasteiger partial charge in [-0.3, -0.25) is 0 Å². The van der Waals surface area contributed by atoms with Crippen LogP contribution in [0.2, 0.25) is 0 Å². The zero-order chi connectivity index (χ0) is 30.7. The lowest BCUT2D eigenvalue weighted by atomic mass is 10.0. The van der Waals surface area contributed by atoms with E-state index in [0.29, 0.717) is 0 Å². The Morgan fingerprint density at radius 2 is 1.00 bits per heavy atom. The lowest BCUT2D eigenvalue weighted by Crippen LogP contribution is -1.87. The number of rotatable bonds is 15. The van der Waals surface area contributed by atoms with Crippen molar-refractivity contribution in [3.8, 4) is 11.1 Å². The maximum Gasteiger partial charge on any atom is 0.0659 e. The lowest BCUT2D eigenvalue weighted by molar-refractivity contribution is 0.539. The van der Waals surface area contributed by atoms with Crippen LogP contribution in [0.25, 0.3) is 57.5 Å². The van der Waals surface area contributed by atoms with Crippen LogP contribution >= 0.6 is 0 Å². The van der Waals surface area contributed by atoms with Crippen LogP contribution < -0.4 is 0 Å². The first-order valence-corrected chi connectivity index (χ1v) is 17.4. The Hall–Kier alpha value is -4.18. The Morgan fingerprint density at radius 1 is 0.467 bits per heavy atom. The summed E-state index contributed by atoms with van der Waals surface area (Å²) in [4.78, 5) is 16.7. The topological polar surface area (TPSA) is 57.4 Å². The van der Waals surface area contributed by atoms with E-state index in [1.807, 2.05) is 18.2 Å². The molecule has 0 saturated heterocycles. The Bertz CT molecular complexity index is 1770. The van der Waals surface area contributed by atoms with Crippen LogP contribution in [0.4, 0.5) is 0 Å². The molecule has 6 rings (SSSR count). The quantitative estimate of drug-likeness (QED) is 0.116. The van der Waals surface area contributed by atoms with Gasteiger partial charge in [-0.2, -0.15) is 0 Å². The minimum atomic E-state index is 0.914. The number of nitrogens with one attached hydrogen (secondary N) is 2. The van der Waals surface area contributed by atoms with Gasteiger partial charge in [0.05, 0.1) is 22.8 Å². The van der Waals surface area contributed by atoms with Crippen LogP contribution in [0.5, 0.6) is 0 Å². The number of benzene rings is 1. The van der Waals surface area contributed by atoms with Crippen molar-refractivity contribution in [1.82, 2.24) is 19.9 Å². The van der Waals surface area contributed by atoms with Gasteiger partial charge in [0.1, 0.15) is 0 Å². The van der Waals surface area contributed by atoms with Gasteiger partial charge >= 0.3 is 0 Å². The minimum absolute atomic E-state index is 0.914. The number of aromatic nitrogens is 4. The number of aryl methyl sites for hydroxylation is 1. The molecular weight excluding hydrogens is 548 g/mol. The maximum absolute atomic E-state index is 4.86. The fourth-order valence-electron chi connectivity index (χ4n) is 6.45. The van der Waals surface area contributed by atoms with Crippen LogP contribution in [0.15, 0.2) is 66.7 Å². The van der Waals surface area contributed by atoms with Crippen LogP contribution in [0.3, 0.4) is 0 Å². The number of nitrogens with zero attached hydrogens (tertiary/aromatic N) is 2. The molecule has 0 spiro atoms. The SMILES string of the molecule is CCCCCCCCCCCCCCCc1ccc(-c2cc3cc4ccc(cc5nc(cc6nc(cc2[nH]3)C=C6)C=C5)[nH]4)cc1. The molecule has 0 atom stereocenters. The molecule has 5 heterocycles. The average molecular weight is 597 g/mol. The average Bonchev–Trinajstić information content (AvgIpc) is 3.86. The van der Waals surface area contributed by atoms with Gasteiger partial charge < -0.3 is 9.97 Å². The van der Waals surface area contributed by atoms with E-state index in [9.17, 15) is 0 Å². The molecule has 1 aromatic carbocycles. The molecule has 0 radical (unpaired) electrons. The van der Waals surface area contributed by atoms with Gasteiger partial charge in [0.15, 0.2) is 0 Å². The van der Waals surface area contributed by atoms with Crippen molar-refractivity contribution < 1.29 is 0 Å². The van der Waals surface area contributed by atoms with E-state index in [1.165, 1.54) is 100 Å². The summed E-state index contributed by atoms with van der Waals surface area (Å²) in [5, 5.41) is 0. The Kier molecular flexibility index (Phi) is 10.8. The molecule has 45 heavy (non-hydrogen) atoms. The van der Waals surface area contributed by atoms with E-state index in [-0.39, 0.29) is 0 Å². The first kappa shape index (κ1) is 30.8. The maximum atomic E-state index is 4.86. The summed E-state index contributed by atoms with van der Waals surface area (Å²) in [7, 11) is 0. The fourth-order valence-corrected chi connectivity index (χ4v) is 6.45. The number of hydrogen-bond acceptors (Lipinski definition) is 2.